The van der Waals surface area contributed by atoms with Crippen LogP contribution in [0.15, 0.2) is 24.3 Å². The molecule has 0 saturated heterocycles. The van der Waals surface area contributed by atoms with Gasteiger partial charge in [-0.1, -0.05) is 19.1 Å². The third kappa shape index (κ3) is 1.67. The lowest BCUT2D eigenvalue weighted by atomic mass is 9.81. The molecule has 0 aliphatic heterocycles. The molecular weight excluding hydrogens is 177 g/mol. The van der Waals surface area contributed by atoms with Gasteiger partial charge in [-0.05, 0) is 42.4 Å². The Hall–Kier alpha value is -0.890. The van der Waals surface area contributed by atoms with Crippen LogP contribution in [0.4, 0.5) is 4.39 Å². The van der Waals surface area contributed by atoms with Gasteiger partial charge in [0.25, 0.3) is 0 Å². The molecule has 1 aromatic carbocycles. The molecule has 1 aliphatic carbocycles. The molecule has 14 heavy (non-hydrogen) atoms. The lowest BCUT2D eigenvalue weighted by Crippen LogP contribution is -2.22. The third-order valence-electron chi connectivity index (χ3n) is 3.32. The zero-order valence-electron chi connectivity index (χ0n) is 8.46. The summed E-state index contributed by atoms with van der Waals surface area (Å²) >= 11 is 0. The van der Waals surface area contributed by atoms with Crippen molar-refractivity contribution in [2.24, 2.45) is 5.73 Å². The van der Waals surface area contributed by atoms with Gasteiger partial charge in [0.15, 0.2) is 0 Å². The van der Waals surface area contributed by atoms with Crippen LogP contribution < -0.4 is 5.73 Å². The van der Waals surface area contributed by atoms with Crippen LogP contribution in [0, 0.1) is 5.82 Å². The zero-order chi connectivity index (χ0) is 10.2. The molecule has 2 atom stereocenters. The van der Waals surface area contributed by atoms with E-state index in [4.69, 9.17) is 5.73 Å². The van der Waals surface area contributed by atoms with Gasteiger partial charge in [-0.25, -0.2) is 4.39 Å². The number of rotatable bonds is 1. The Bertz CT molecular complexity index is 320. The minimum Gasteiger partial charge on any atom is -0.328 e. The standard InChI is InChI=1S/C12H16FN/c1-12(7-6-11(14)8-12)9-2-4-10(13)5-3-9/h2-5,11H,6-8,14H2,1H3. The first-order valence-electron chi connectivity index (χ1n) is 5.12. The second-order valence-corrected chi connectivity index (χ2v) is 4.57. The molecule has 0 spiro atoms. The second-order valence-electron chi connectivity index (χ2n) is 4.57. The zero-order valence-corrected chi connectivity index (χ0v) is 8.46. The van der Waals surface area contributed by atoms with E-state index in [9.17, 15) is 4.39 Å². The van der Waals surface area contributed by atoms with Crippen LogP contribution in [0.2, 0.25) is 0 Å². The summed E-state index contributed by atoms with van der Waals surface area (Å²) in [5.74, 6) is -0.167. The van der Waals surface area contributed by atoms with E-state index in [1.807, 2.05) is 12.1 Å². The first-order chi connectivity index (χ1) is 6.60. The minimum absolute atomic E-state index is 0.160. The number of halogens is 1. The highest BCUT2D eigenvalue weighted by molar-refractivity contribution is 5.26. The molecule has 1 fully saturated rings. The van der Waals surface area contributed by atoms with Gasteiger partial charge in [0, 0.05) is 6.04 Å². The molecule has 2 N–H and O–H groups in total. The van der Waals surface area contributed by atoms with E-state index in [0.29, 0.717) is 6.04 Å². The summed E-state index contributed by atoms with van der Waals surface area (Å²) in [7, 11) is 0. The van der Waals surface area contributed by atoms with E-state index in [2.05, 4.69) is 6.92 Å². The van der Waals surface area contributed by atoms with Gasteiger partial charge < -0.3 is 5.73 Å². The van der Waals surface area contributed by atoms with Gasteiger partial charge in [-0.15, -0.1) is 0 Å². The lowest BCUT2D eigenvalue weighted by molar-refractivity contribution is 0.481. The largest absolute Gasteiger partial charge is 0.328 e. The van der Waals surface area contributed by atoms with Crippen LogP contribution in [0.25, 0.3) is 0 Å². The van der Waals surface area contributed by atoms with E-state index in [1.165, 1.54) is 17.7 Å². The van der Waals surface area contributed by atoms with Crippen LogP contribution in [0.3, 0.4) is 0 Å². The van der Waals surface area contributed by atoms with Gasteiger partial charge in [0.2, 0.25) is 0 Å². The smallest absolute Gasteiger partial charge is 0.123 e. The average molecular weight is 193 g/mol. The van der Waals surface area contributed by atoms with Crippen LogP contribution in [0.1, 0.15) is 31.7 Å². The maximum atomic E-state index is 12.8. The van der Waals surface area contributed by atoms with Crippen molar-refractivity contribution < 1.29 is 4.39 Å². The highest BCUT2D eigenvalue weighted by Crippen LogP contribution is 2.39. The summed E-state index contributed by atoms with van der Waals surface area (Å²) in [6.07, 6.45) is 3.20. The van der Waals surface area contributed by atoms with E-state index in [0.717, 1.165) is 19.3 Å². The van der Waals surface area contributed by atoms with E-state index in [-0.39, 0.29) is 11.2 Å². The summed E-state index contributed by atoms with van der Waals surface area (Å²) in [4.78, 5) is 0. The fourth-order valence-electron chi connectivity index (χ4n) is 2.40. The summed E-state index contributed by atoms with van der Waals surface area (Å²) < 4.78 is 12.8. The first-order valence-corrected chi connectivity index (χ1v) is 5.12. The van der Waals surface area contributed by atoms with Gasteiger partial charge in [0.05, 0.1) is 0 Å². The van der Waals surface area contributed by atoms with Gasteiger partial charge >= 0.3 is 0 Å². The first kappa shape index (κ1) is 9.66. The molecule has 2 unspecified atom stereocenters. The topological polar surface area (TPSA) is 26.0 Å². The molecule has 0 radical (unpaired) electrons. The van der Waals surface area contributed by atoms with E-state index < -0.39 is 0 Å². The number of benzene rings is 1. The minimum atomic E-state index is -0.167. The molecule has 76 valence electrons. The highest BCUT2D eigenvalue weighted by atomic mass is 19.1. The summed E-state index contributed by atoms with van der Waals surface area (Å²) in [5.41, 5.74) is 7.28. The molecule has 0 bridgehead atoms. The van der Waals surface area contributed by atoms with Crippen molar-refractivity contribution in [1.82, 2.24) is 0 Å². The van der Waals surface area contributed by atoms with E-state index >= 15 is 0 Å². The fourth-order valence-corrected chi connectivity index (χ4v) is 2.40. The molecule has 1 aromatic rings. The Morgan fingerprint density at radius 1 is 1.36 bits per heavy atom. The van der Waals surface area contributed by atoms with Crippen molar-refractivity contribution in [2.75, 3.05) is 0 Å². The fraction of sp³-hybridized carbons (Fsp3) is 0.500. The Morgan fingerprint density at radius 2 is 2.00 bits per heavy atom. The summed E-state index contributed by atoms with van der Waals surface area (Å²) in [6, 6.07) is 7.14. The van der Waals surface area contributed by atoms with Gasteiger partial charge in [-0.2, -0.15) is 0 Å². The van der Waals surface area contributed by atoms with Crippen LogP contribution >= 0.6 is 0 Å². The van der Waals surface area contributed by atoms with Crippen LogP contribution in [-0.4, -0.2) is 6.04 Å². The quantitative estimate of drug-likeness (QED) is 0.729. The number of nitrogens with two attached hydrogens (primary N) is 1. The Kier molecular flexibility index (Phi) is 2.31. The summed E-state index contributed by atoms with van der Waals surface area (Å²) in [6.45, 7) is 2.22. The van der Waals surface area contributed by atoms with Gasteiger partial charge in [0.1, 0.15) is 5.82 Å². The molecule has 0 aromatic heterocycles. The molecular formula is C12H16FN. The monoisotopic (exact) mass is 193 g/mol. The highest BCUT2D eigenvalue weighted by Gasteiger charge is 2.34. The predicted octanol–water partition coefficient (Wildman–Crippen LogP) is 2.59. The van der Waals surface area contributed by atoms with Crippen molar-refractivity contribution in [2.45, 2.75) is 37.6 Å². The second kappa shape index (κ2) is 3.35. The van der Waals surface area contributed by atoms with Gasteiger partial charge in [-0.3, -0.25) is 0 Å². The normalized spacial score (nSPS) is 32.1. The van der Waals surface area contributed by atoms with Crippen molar-refractivity contribution in [3.05, 3.63) is 35.6 Å². The van der Waals surface area contributed by atoms with Crippen molar-refractivity contribution in [3.63, 3.8) is 0 Å². The molecule has 1 saturated carbocycles. The third-order valence-corrected chi connectivity index (χ3v) is 3.32. The van der Waals surface area contributed by atoms with E-state index in [1.54, 1.807) is 0 Å². The van der Waals surface area contributed by atoms with Crippen LogP contribution in [0.5, 0.6) is 0 Å². The molecule has 0 amide bonds. The molecule has 2 rings (SSSR count). The Balaban J connectivity index is 2.26. The number of hydrogen-bond acceptors (Lipinski definition) is 1. The summed E-state index contributed by atoms with van der Waals surface area (Å²) in [5, 5.41) is 0. The lowest BCUT2D eigenvalue weighted by Gasteiger charge is -2.24. The Morgan fingerprint density at radius 3 is 2.50 bits per heavy atom. The maximum absolute atomic E-state index is 12.8. The van der Waals surface area contributed by atoms with Crippen molar-refractivity contribution >= 4 is 0 Å². The average Bonchev–Trinajstić information content (AvgIpc) is 2.48. The SMILES string of the molecule is CC1(c2ccc(F)cc2)CCC(N)C1. The molecule has 0 heterocycles. The molecule has 1 nitrogen and oxygen atoms in total. The Labute approximate surface area is 84.1 Å². The predicted molar refractivity (Wildman–Crippen MR) is 55.6 cm³/mol. The van der Waals surface area contributed by atoms with Crippen LogP contribution in [-0.2, 0) is 5.41 Å². The van der Waals surface area contributed by atoms with Crippen molar-refractivity contribution in [3.8, 4) is 0 Å². The van der Waals surface area contributed by atoms with Crippen molar-refractivity contribution in [1.29, 1.82) is 0 Å². The molecule has 1 aliphatic rings. The molecule has 2 heteroatoms. The maximum Gasteiger partial charge on any atom is 0.123 e. The number of hydrogen-bond donors (Lipinski definition) is 1.